The molecule has 0 fully saturated rings. The van der Waals surface area contributed by atoms with Gasteiger partial charge in [-0.05, 0) is 24.6 Å². The molecule has 16 heavy (non-hydrogen) atoms. The molecule has 4 nitrogen and oxygen atoms in total. The monoisotopic (exact) mass is 221 g/mol. The predicted octanol–water partition coefficient (Wildman–Crippen LogP) is 1.82. The second kappa shape index (κ2) is 3.52. The maximum absolute atomic E-state index is 13.9. The van der Waals surface area contributed by atoms with E-state index in [4.69, 9.17) is 5.73 Å². The van der Waals surface area contributed by atoms with Crippen LogP contribution in [0.3, 0.4) is 0 Å². The van der Waals surface area contributed by atoms with Gasteiger partial charge in [0.05, 0.1) is 6.20 Å². The van der Waals surface area contributed by atoms with E-state index in [-0.39, 0.29) is 11.3 Å². The SMILES string of the molecule is Cc1cc(O)cc(-c2cnn(C)c2N)c1F. The highest BCUT2D eigenvalue weighted by atomic mass is 19.1. The summed E-state index contributed by atoms with van der Waals surface area (Å²) in [4.78, 5) is 0. The van der Waals surface area contributed by atoms with E-state index >= 15 is 0 Å². The molecule has 3 N–H and O–H groups in total. The van der Waals surface area contributed by atoms with E-state index in [9.17, 15) is 9.50 Å². The first-order valence-electron chi connectivity index (χ1n) is 4.77. The maximum atomic E-state index is 13.9. The number of hydrogen-bond donors (Lipinski definition) is 2. The van der Waals surface area contributed by atoms with Gasteiger partial charge in [-0.25, -0.2) is 4.39 Å². The minimum absolute atomic E-state index is 0.0113. The summed E-state index contributed by atoms with van der Waals surface area (Å²) in [5.74, 6) is -0.0152. The molecule has 0 spiro atoms. The summed E-state index contributed by atoms with van der Waals surface area (Å²) in [6, 6.07) is 2.71. The van der Waals surface area contributed by atoms with Crippen molar-refractivity contribution in [2.24, 2.45) is 7.05 Å². The van der Waals surface area contributed by atoms with Gasteiger partial charge in [0.2, 0.25) is 0 Å². The van der Waals surface area contributed by atoms with Crippen molar-refractivity contribution in [2.75, 3.05) is 5.73 Å². The lowest BCUT2D eigenvalue weighted by Crippen LogP contribution is -1.99. The van der Waals surface area contributed by atoms with Crippen molar-refractivity contribution >= 4 is 5.82 Å². The van der Waals surface area contributed by atoms with Crippen LogP contribution in [0.25, 0.3) is 11.1 Å². The maximum Gasteiger partial charge on any atom is 0.134 e. The number of benzene rings is 1. The largest absolute Gasteiger partial charge is 0.508 e. The van der Waals surface area contributed by atoms with E-state index in [1.165, 1.54) is 23.0 Å². The molecule has 5 heteroatoms. The Morgan fingerprint density at radius 3 is 2.62 bits per heavy atom. The summed E-state index contributed by atoms with van der Waals surface area (Å²) in [6.07, 6.45) is 1.48. The molecule has 2 rings (SSSR count). The molecular formula is C11H12FN3O. The topological polar surface area (TPSA) is 64.1 Å². The molecule has 1 heterocycles. The fraction of sp³-hybridized carbons (Fsp3) is 0.182. The lowest BCUT2D eigenvalue weighted by molar-refractivity contribution is 0.472. The van der Waals surface area contributed by atoms with Crippen molar-refractivity contribution in [2.45, 2.75) is 6.92 Å². The molecule has 2 aromatic rings. The van der Waals surface area contributed by atoms with Crippen LogP contribution in [0.5, 0.6) is 5.75 Å². The minimum atomic E-state index is -0.391. The van der Waals surface area contributed by atoms with Gasteiger partial charge < -0.3 is 10.8 Å². The first-order valence-corrected chi connectivity index (χ1v) is 4.77. The summed E-state index contributed by atoms with van der Waals surface area (Å²) in [7, 11) is 1.67. The Morgan fingerprint density at radius 1 is 1.38 bits per heavy atom. The van der Waals surface area contributed by atoms with Crippen LogP contribution in [-0.4, -0.2) is 14.9 Å². The molecule has 0 aliphatic heterocycles. The van der Waals surface area contributed by atoms with Crippen LogP contribution in [0, 0.1) is 12.7 Å². The first-order chi connectivity index (χ1) is 7.50. The summed E-state index contributed by atoms with van der Waals surface area (Å²) in [5, 5.41) is 13.4. The number of aromatic hydroxyl groups is 1. The number of anilines is 1. The Balaban J connectivity index is 2.69. The van der Waals surface area contributed by atoms with Gasteiger partial charge in [0, 0.05) is 18.2 Å². The molecule has 0 aliphatic carbocycles. The number of nitrogens with two attached hydrogens (primary N) is 1. The van der Waals surface area contributed by atoms with E-state index < -0.39 is 5.82 Å². The molecule has 0 saturated heterocycles. The Morgan fingerprint density at radius 2 is 2.06 bits per heavy atom. The van der Waals surface area contributed by atoms with Gasteiger partial charge in [0.15, 0.2) is 0 Å². The Bertz CT molecular complexity index is 548. The van der Waals surface area contributed by atoms with Crippen LogP contribution in [0.2, 0.25) is 0 Å². The van der Waals surface area contributed by atoms with Gasteiger partial charge in [0.25, 0.3) is 0 Å². The normalized spacial score (nSPS) is 10.7. The van der Waals surface area contributed by atoms with Gasteiger partial charge in [-0.1, -0.05) is 0 Å². The van der Waals surface area contributed by atoms with Gasteiger partial charge in [-0.3, -0.25) is 4.68 Å². The lowest BCUT2D eigenvalue weighted by Gasteiger charge is -2.06. The third-order valence-electron chi connectivity index (χ3n) is 2.51. The van der Waals surface area contributed by atoms with Crippen molar-refractivity contribution in [3.63, 3.8) is 0 Å². The number of rotatable bonds is 1. The number of hydrogen-bond acceptors (Lipinski definition) is 3. The highest BCUT2D eigenvalue weighted by Gasteiger charge is 2.14. The average Bonchev–Trinajstić information content (AvgIpc) is 2.54. The average molecular weight is 221 g/mol. The zero-order valence-corrected chi connectivity index (χ0v) is 9.03. The zero-order chi connectivity index (χ0) is 11.9. The van der Waals surface area contributed by atoms with E-state index in [0.29, 0.717) is 16.9 Å². The Labute approximate surface area is 92.1 Å². The Kier molecular flexibility index (Phi) is 2.30. The standard InChI is InChI=1S/C11H12FN3O/c1-6-3-7(16)4-8(10(6)12)9-5-14-15(2)11(9)13/h3-5,16H,13H2,1-2H3. The molecule has 0 atom stereocenters. The number of aromatic nitrogens is 2. The third kappa shape index (κ3) is 1.50. The van der Waals surface area contributed by atoms with Crippen LogP contribution in [0.4, 0.5) is 10.2 Å². The van der Waals surface area contributed by atoms with Gasteiger partial charge in [0.1, 0.15) is 17.4 Å². The van der Waals surface area contributed by atoms with Crippen LogP contribution >= 0.6 is 0 Å². The fourth-order valence-electron chi connectivity index (χ4n) is 1.60. The van der Waals surface area contributed by atoms with E-state index in [1.807, 2.05) is 0 Å². The molecule has 84 valence electrons. The molecule has 0 amide bonds. The molecule has 0 unspecified atom stereocenters. The van der Waals surface area contributed by atoms with Crippen LogP contribution in [-0.2, 0) is 7.05 Å². The van der Waals surface area contributed by atoms with E-state index in [2.05, 4.69) is 5.10 Å². The second-order valence-electron chi connectivity index (χ2n) is 3.69. The summed E-state index contributed by atoms with van der Waals surface area (Å²) < 4.78 is 15.3. The molecule has 0 bridgehead atoms. The number of halogens is 1. The van der Waals surface area contributed by atoms with Crippen molar-refractivity contribution in [1.82, 2.24) is 9.78 Å². The van der Waals surface area contributed by atoms with Gasteiger partial charge in [-0.15, -0.1) is 0 Å². The van der Waals surface area contributed by atoms with Crippen molar-refractivity contribution in [3.8, 4) is 16.9 Å². The van der Waals surface area contributed by atoms with E-state index in [0.717, 1.165) is 0 Å². The first kappa shape index (κ1) is 10.5. The minimum Gasteiger partial charge on any atom is -0.508 e. The van der Waals surface area contributed by atoms with Gasteiger partial charge >= 0.3 is 0 Å². The van der Waals surface area contributed by atoms with Crippen LogP contribution < -0.4 is 5.73 Å². The van der Waals surface area contributed by atoms with Crippen molar-refractivity contribution in [1.29, 1.82) is 0 Å². The number of phenolic OH excluding ortho intramolecular Hbond substituents is 1. The Hall–Kier alpha value is -2.04. The van der Waals surface area contributed by atoms with Gasteiger partial charge in [-0.2, -0.15) is 5.10 Å². The highest BCUT2D eigenvalue weighted by molar-refractivity contribution is 5.75. The second-order valence-corrected chi connectivity index (χ2v) is 3.69. The smallest absolute Gasteiger partial charge is 0.134 e. The highest BCUT2D eigenvalue weighted by Crippen LogP contribution is 2.32. The van der Waals surface area contributed by atoms with Crippen LogP contribution in [0.15, 0.2) is 18.3 Å². The van der Waals surface area contributed by atoms with Crippen molar-refractivity contribution in [3.05, 3.63) is 29.7 Å². The fourth-order valence-corrected chi connectivity index (χ4v) is 1.60. The molecular weight excluding hydrogens is 209 g/mol. The molecule has 0 radical (unpaired) electrons. The quantitative estimate of drug-likeness (QED) is 0.772. The molecule has 1 aromatic heterocycles. The molecule has 1 aromatic carbocycles. The number of nitrogen functional groups attached to an aromatic ring is 1. The van der Waals surface area contributed by atoms with E-state index in [1.54, 1.807) is 14.0 Å². The molecule has 0 saturated carbocycles. The van der Waals surface area contributed by atoms with Crippen LogP contribution in [0.1, 0.15) is 5.56 Å². The number of phenols is 1. The summed E-state index contributed by atoms with van der Waals surface area (Å²) in [6.45, 7) is 1.59. The van der Waals surface area contributed by atoms with Crippen molar-refractivity contribution < 1.29 is 9.50 Å². The predicted molar refractivity (Wildman–Crippen MR) is 59.4 cm³/mol. The number of aryl methyl sites for hydroxylation is 2. The summed E-state index contributed by atoms with van der Waals surface area (Å²) >= 11 is 0. The zero-order valence-electron chi connectivity index (χ0n) is 9.03. The third-order valence-corrected chi connectivity index (χ3v) is 2.51. The number of nitrogens with zero attached hydrogens (tertiary/aromatic N) is 2. The molecule has 0 aliphatic rings. The lowest BCUT2D eigenvalue weighted by atomic mass is 10.0. The summed E-state index contributed by atoms with van der Waals surface area (Å²) in [5.41, 5.74) is 6.88.